The fraction of sp³-hybridized carbons (Fsp3) is 0.450. The first kappa shape index (κ1) is 20.6. The van der Waals surface area contributed by atoms with E-state index in [-0.39, 0.29) is 5.91 Å². The predicted molar refractivity (Wildman–Crippen MR) is 111 cm³/mol. The lowest BCUT2D eigenvalue weighted by molar-refractivity contribution is 0.0947. The molecule has 27 heavy (non-hydrogen) atoms. The first-order valence-corrected chi connectivity index (χ1v) is 9.40. The Kier molecular flexibility index (Phi) is 8.00. The number of carbonyl (C=O) groups is 1. The lowest BCUT2D eigenvalue weighted by atomic mass is 10.2. The van der Waals surface area contributed by atoms with Crippen LogP contribution in [0.4, 0.5) is 17.2 Å². The molecular formula is C20H30N6O. The SMILES string of the molecule is CCN(CC)c1ccc(Nc2cc(C(=O)NCCCN(C)C)ncn2)cc1. The summed E-state index contributed by atoms with van der Waals surface area (Å²) in [6.45, 7) is 7.79. The fourth-order valence-electron chi connectivity index (χ4n) is 2.73. The number of aromatic nitrogens is 2. The average molecular weight is 371 g/mol. The maximum absolute atomic E-state index is 12.2. The van der Waals surface area contributed by atoms with Gasteiger partial charge in [0, 0.05) is 37.1 Å². The Morgan fingerprint density at radius 1 is 1.07 bits per heavy atom. The monoisotopic (exact) mass is 370 g/mol. The first-order chi connectivity index (χ1) is 13.0. The molecule has 0 aliphatic heterocycles. The second kappa shape index (κ2) is 10.5. The third-order valence-corrected chi connectivity index (χ3v) is 4.24. The van der Waals surface area contributed by atoms with Gasteiger partial charge in [-0.1, -0.05) is 0 Å². The number of rotatable bonds is 10. The van der Waals surface area contributed by atoms with Crippen molar-refractivity contribution in [3.8, 4) is 0 Å². The Morgan fingerprint density at radius 3 is 2.41 bits per heavy atom. The first-order valence-electron chi connectivity index (χ1n) is 9.40. The number of carbonyl (C=O) groups excluding carboxylic acids is 1. The van der Waals surface area contributed by atoms with Gasteiger partial charge in [0.05, 0.1) is 0 Å². The van der Waals surface area contributed by atoms with Crippen molar-refractivity contribution in [3.63, 3.8) is 0 Å². The van der Waals surface area contributed by atoms with Crippen LogP contribution in [0.3, 0.4) is 0 Å². The van der Waals surface area contributed by atoms with E-state index in [1.807, 2.05) is 26.2 Å². The van der Waals surface area contributed by atoms with Crippen molar-refractivity contribution < 1.29 is 4.79 Å². The van der Waals surface area contributed by atoms with Gasteiger partial charge >= 0.3 is 0 Å². The molecule has 0 spiro atoms. The standard InChI is InChI=1S/C20H30N6O/c1-5-26(6-2)17-10-8-16(9-11-17)24-19-14-18(22-15-23-19)20(27)21-12-7-13-25(3)4/h8-11,14-15H,5-7,12-13H2,1-4H3,(H,21,27)(H,22,23,24). The molecule has 0 fully saturated rings. The Bertz CT molecular complexity index is 713. The van der Waals surface area contributed by atoms with Gasteiger partial charge in [0.25, 0.3) is 5.91 Å². The van der Waals surface area contributed by atoms with E-state index in [1.54, 1.807) is 6.07 Å². The third kappa shape index (κ3) is 6.53. The number of nitrogens with one attached hydrogen (secondary N) is 2. The van der Waals surface area contributed by atoms with E-state index >= 15 is 0 Å². The van der Waals surface area contributed by atoms with Crippen LogP contribution in [0.1, 0.15) is 30.8 Å². The molecule has 0 bridgehead atoms. The fourth-order valence-corrected chi connectivity index (χ4v) is 2.73. The Hall–Kier alpha value is -2.67. The van der Waals surface area contributed by atoms with Crippen LogP contribution in [-0.2, 0) is 0 Å². The summed E-state index contributed by atoms with van der Waals surface area (Å²) in [7, 11) is 4.03. The van der Waals surface area contributed by atoms with Crippen molar-refractivity contribution in [3.05, 3.63) is 42.4 Å². The largest absolute Gasteiger partial charge is 0.372 e. The molecule has 0 saturated heterocycles. The molecule has 1 aromatic heterocycles. The van der Waals surface area contributed by atoms with Crippen LogP contribution in [0.2, 0.25) is 0 Å². The third-order valence-electron chi connectivity index (χ3n) is 4.24. The topological polar surface area (TPSA) is 73.4 Å². The number of hydrogen-bond acceptors (Lipinski definition) is 6. The quantitative estimate of drug-likeness (QED) is 0.627. The van der Waals surface area contributed by atoms with Crippen molar-refractivity contribution in [2.45, 2.75) is 20.3 Å². The van der Waals surface area contributed by atoms with E-state index < -0.39 is 0 Å². The minimum Gasteiger partial charge on any atom is -0.372 e. The highest BCUT2D eigenvalue weighted by atomic mass is 16.1. The number of hydrogen-bond donors (Lipinski definition) is 2. The van der Waals surface area contributed by atoms with Crippen molar-refractivity contribution in [2.24, 2.45) is 0 Å². The maximum atomic E-state index is 12.2. The second-order valence-corrected chi connectivity index (χ2v) is 6.55. The molecule has 1 heterocycles. The Labute approximate surface area is 161 Å². The maximum Gasteiger partial charge on any atom is 0.270 e. The molecule has 0 unspecified atom stereocenters. The van der Waals surface area contributed by atoms with Gasteiger partial charge in [0.1, 0.15) is 17.8 Å². The summed E-state index contributed by atoms with van der Waals surface area (Å²) in [5, 5.41) is 6.12. The van der Waals surface area contributed by atoms with Crippen LogP contribution in [0.15, 0.2) is 36.7 Å². The summed E-state index contributed by atoms with van der Waals surface area (Å²) < 4.78 is 0. The summed E-state index contributed by atoms with van der Waals surface area (Å²) in [6.07, 6.45) is 2.30. The molecule has 0 radical (unpaired) electrons. The zero-order chi connectivity index (χ0) is 19.6. The van der Waals surface area contributed by atoms with Crippen LogP contribution in [0.5, 0.6) is 0 Å². The van der Waals surface area contributed by atoms with E-state index in [9.17, 15) is 4.79 Å². The zero-order valence-electron chi connectivity index (χ0n) is 16.7. The van der Waals surface area contributed by atoms with Crippen molar-refractivity contribution in [1.82, 2.24) is 20.2 Å². The molecule has 0 aliphatic carbocycles. The second-order valence-electron chi connectivity index (χ2n) is 6.55. The summed E-state index contributed by atoms with van der Waals surface area (Å²) in [4.78, 5) is 24.9. The van der Waals surface area contributed by atoms with E-state index in [1.165, 1.54) is 12.0 Å². The van der Waals surface area contributed by atoms with E-state index in [4.69, 9.17) is 0 Å². The van der Waals surface area contributed by atoms with Gasteiger partial charge in [-0.25, -0.2) is 9.97 Å². The van der Waals surface area contributed by atoms with Crippen LogP contribution in [0.25, 0.3) is 0 Å². The number of anilines is 3. The van der Waals surface area contributed by atoms with E-state index in [2.05, 4.69) is 56.4 Å². The molecule has 0 atom stereocenters. The summed E-state index contributed by atoms with van der Waals surface area (Å²) in [6, 6.07) is 9.84. The van der Waals surface area contributed by atoms with E-state index in [0.29, 0.717) is 18.1 Å². The van der Waals surface area contributed by atoms with Crippen molar-refractivity contribution in [2.75, 3.05) is 50.5 Å². The minimum absolute atomic E-state index is 0.184. The van der Waals surface area contributed by atoms with Crippen LogP contribution >= 0.6 is 0 Å². The van der Waals surface area contributed by atoms with Crippen LogP contribution < -0.4 is 15.5 Å². The smallest absolute Gasteiger partial charge is 0.270 e. The molecule has 0 saturated carbocycles. The van der Waals surface area contributed by atoms with Gasteiger partial charge in [0.15, 0.2) is 0 Å². The van der Waals surface area contributed by atoms with Crippen LogP contribution in [0, 0.1) is 0 Å². The average Bonchev–Trinajstić information content (AvgIpc) is 2.67. The van der Waals surface area contributed by atoms with Crippen molar-refractivity contribution >= 4 is 23.1 Å². The highest BCUT2D eigenvalue weighted by Crippen LogP contribution is 2.20. The molecule has 1 aromatic carbocycles. The van der Waals surface area contributed by atoms with Gasteiger partial charge in [-0.2, -0.15) is 0 Å². The molecule has 1 amide bonds. The Morgan fingerprint density at radius 2 is 1.78 bits per heavy atom. The lowest BCUT2D eigenvalue weighted by Gasteiger charge is -2.21. The highest BCUT2D eigenvalue weighted by Gasteiger charge is 2.09. The van der Waals surface area contributed by atoms with Gasteiger partial charge in [-0.3, -0.25) is 4.79 Å². The molecule has 2 N–H and O–H groups in total. The molecule has 7 nitrogen and oxygen atoms in total. The summed E-state index contributed by atoms with van der Waals surface area (Å²) in [5.74, 6) is 0.412. The van der Waals surface area contributed by atoms with Crippen LogP contribution in [-0.4, -0.2) is 61.0 Å². The van der Waals surface area contributed by atoms with E-state index in [0.717, 1.165) is 31.7 Å². The molecule has 0 aliphatic rings. The molecule has 2 aromatic rings. The normalized spacial score (nSPS) is 10.7. The predicted octanol–water partition coefficient (Wildman–Crippen LogP) is 2.75. The lowest BCUT2D eigenvalue weighted by Crippen LogP contribution is -2.27. The van der Waals surface area contributed by atoms with Gasteiger partial charge in [0.2, 0.25) is 0 Å². The Balaban J connectivity index is 1.95. The van der Waals surface area contributed by atoms with Gasteiger partial charge in [-0.05, 0) is 65.2 Å². The van der Waals surface area contributed by atoms with Gasteiger partial charge < -0.3 is 20.4 Å². The number of nitrogens with zero attached hydrogens (tertiary/aromatic N) is 4. The van der Waals surface area contributed by atoms with Gasteiger partial charge in [-0.15, -0.1) is 0 Å². The molecular weight excluding hydrogens is 340 g/mol. The summed E-state index contributed by atoms with van der Waals surface area (Å²) >= 11 is 0. The molecule has 2 rings (SSSR count). The number of amides is 1. The minimum atomic E-state index is -0.184. The zero-order valence-corrected chi connectivity index (χ0v) is 16.7. The van der Waals surface area contributed by atoms with Crippen molar-refractivity contribution in [1.29, 1.82) is 0 Å². The highest BCUT2D eigenvalue weighted by molar-refractivity contribution is 5.92. The molecule has 7 heteroatoms. The summed E-state index contributed by atoms with van der Waals surface area (Å²) in [5.41, 5.74) is 2.46. The number of benzene rings is 1. The molecule has 146 valence electrons.